The van der Waals surface area contributed by atoms with Crippen LogP contribution in [0.3, 0.4) is 0 Å². The average molecular weight is 427 g/mol. The van der Waals surface area contributed by atoms with Gasteiger partial charge in [-0.1, -0.05) is 30.3 Å². The Hall–Kier alpha value is -4.08. The van der Waals surface area contributed by atoms with E-state index in [4.69, 9.17) is 14.2 Å². The molecule has 162 valence electrons. The number of benzene rings is 2. The van der Waals surface area contributed by atoms with E-state index in [2.05, 4.69) is 10.6 Å². The van der Waals surface area contributed by atoms with Crippen LogP contribution in [0, 0.1) is 10.1 Å². The van der Waals surface area contributed by atoms with Gasteiger partial charge in [0, 0.05) is 6.07 Å². The highest BCUT2D eigenvalue weighted by molar-refractivity contribution is 6.04. The number of ether oxygens (including phenoxy) is 3. The monoisotopic (exact) mass is 427 g/mol. The molecule has 10 heteroatoms. The summed E-state index contributed by atoms with van der Waals surface area (Å²) in [5.41, 5.74) is 0.825. The van der Waals surface area contributed by atoms with Crippen LogP contribution >= 0.6 is 0 Å². The van der Waals surface area contributed by atoms with Gasteiger partial charge in [0.2, 0.25) is 5.75 Å². The van der Waals surface area contributed by atoms with Gasteiger partial charge in [-0.05, 0) is 24.1 Å². The minimum atomic E-state index is -1.03. The first-order chi connectivity index (χ1) is 14.9. The van der Waals surface area contributed by atoms with E-state index in [1.165, 1.54) is 26.4 Å². The quantitative estimate of drug-likeness (QED) is 0.395. The normalized spacial score (nSPS) is 15.6. The van der Waals surface area contributed by atoms with Crippen LogP contribution < -0.4 is 20.1 Å². The number of esters is 1. The van der Waals surface area contributed by atoms with Gasteiger partial charge in [-0.15, -0.1) is 0 Å². The van der Waals surface area contributed by atoms with Crippen LogP contribution in [0.4, 0.5) is 10.5 Å². The van der Waals surface area contributed by atoms with Crippen LogP contribution in [0.5, 0.6) is 11.5 Å². The number of hydrogen-bond donors (Lipinski definition) is 2. The molecular formula is C21H21N3O7. The predicted octanol–water partition coefficient (Wildman–Crippen LogP) is 2.94. The van der Waals surface area contributed by atoms with Crippen LogP contribution in [0.1, 0.15) is 24.1 Å². The lowest BCUT2D eigenvalue weighted by Gasteiger charge is -2.29. The molecule has 1 aliphatic heterocycles. The Bertz CT molecular complexity index is 1050. The summed E-state index contributed by atoms with van der Waals surface area (Å²) in [5.74, 6) is -0.637. The molecule has 2 amide bonds. The molecule has 10 nitrogen and oxygen atoms in total. The van der Waals surface area contributed by atoms with Gasteiger partial charge in [0.05, 0.1) is 43.1 Å². The second-order valence-electron chi connectivity index (χ2n) is 6.44. The van der Waals surface area contributed by atoms with Crippen molar-refractivity contribution in [3.63, 3.8) is 0 Å². The number of nitrogens with one attached hydrogen (secondary N) is 2. The molecule has 0 radical (unpaired) electrons. The van der Waals surface area contributed by atoms with Crippen molar-refractivity contribution in [2.24, 2.45) is 0 Å². The Balaban J connectivity index is 2.26. The summed E-state index contributed by atoms with van der Waals surface area (Å²) in [6.07, 6.45) is 0. The van der Waals surface area contributed by atoms with Crippen molar-refractivity contribution < 1.29 is 28.7 Å². The van der Waals surface area contributed by atoms with Gasteiger partial charge < -0.3 is 24.8 Å². The lowest BCUT2D eigenvalue weighted by Crippen LogP contribution is -2.45. The van der Waals surface area contributed by atoms with Gasteiger partial charge >= 0.3 is 17.7 Å². The molecule has 0 spiro atoms. The second-order valence-corrected chi connectivity index (χ2v) is 6.44. The zero-order valence-electron chi connectivity index (χ0n) is 17.1. The molecule has 0 fully saturated rings. The smallest absolute Gasteiger partial charge is 0.338 e. The number of carbonyl (C=O) groups is 2. The molecule has 1 unspecified atom stereocenters. The van der Waals surface area contributed by atoms with Crippen molar-refractivity contribution in [1.29, 1.82) is 0 Å². The number of rotatable bonds is 7. The maximum Gasteiger partial charge on any atom is 0.338 e. The minimum absolute atomic E-state index is 0.0362. The highest BCUT2D eigenvalue weighted by atomic mass is 16.6. The van der Waals surface area contributed by atoms with E-state index in [9.17, 15) is 19.7 Å². The maximum atomic E-state index is 12.7. The molecule has 0 aliphatic carbocycles. The van der Waals surface area contributed by atoms with Crippen LogP contribution in [-0.2, 0) is 9.53 Å². The van der Waals surface area contributed by atoms with Crippen molar-refractivity contribution in [3.8, 4) is 11.5 Å². The Morgan fingerprint density at radius 1 is 1.19 bits per heavy atom. The third-order valence-corrected chi connectivity index (χ3v) is 4.64. The molecule has 0 saturated carbocycles. The van der Waals surface area contributed by atoms with E-state index in [-0.39, 0.29) is 40.6 Å². The molecule has 1 heterocycles. The number of amides is 2. The number of nitrogens with zero attached hydrogens (tertiary/aromatic N) is 1. The number of nitro benzene ring substituents is 1. The van der Waals surface area contributed by atoms with E-state index in [0.29, 0.717) is 5.56 Å². The number of hydrogen-bond acceptors (Lipinski definition) is 7. The molecule has 0 bridgehead atoms. The minimum Gasteiger partial charge on any atom is -0.493 e. The summed E-state index contributed by atoms with van der Waals surface area (Å²) >= 11 is 0. The lowest BCUT2D eigenvalue weighted by atomic mass is 9.92. The number of methoxy groups -OCH3 is 2. The zero-order valence-corrected chi connectivity index (χ0v) is 17.1. The first kappa shape index (κ1) is 21.6. The summed E-state index contributed by atoms with van der Waals surface area (Å²) in [6.45, 7) is 1.88. The SMILES string of the molecule is CCOc1c(OC)cc(C2NC(=O)NC(c3ccccc3)=C2C(=O)OC)cc1[N+](=O)[O-]. The van der Waals surface area contributed by atoms with Gasteiger partial charge in [-0.3, -0.25) is 10.1 Å². The van der Waals surface area contributed by atoms with Crippen molar-refractivity contribution in [1.82, 2.24) is 10.6 Å². The van der Waals surface area contributed by atoms with Crippen molar-refractivity contribution in [2.45, 2.75) is 13.0 Å². The van der Waals surface area contributed by atoms with Crippen LogP contribution in [0.2, 0.25) is 0 Å². The van der Waals surface area contributed by atoms with E-state index in [1.54, 1.807) is 37.3 Å². The van der Waals surface area contributed by atoms with Gasteiger partial charge in [0.15, 0.2) is 5.75 Å². The molecule has 1 aliphatic rings. The summed E-state index contributed by atoms with van der Waals surface area (Å²) in [6, 6.07) is 9.88. The molecule has 1 atom stereocenters. The topological polar surface area (TPSA) is 129 Å². The van der Waals surface area contributed by atoms with Crippen LogP contribution in [0.25, 0.3) is 5.70 Å². The third-order valence-electron chi connectivity index (χ3n) is 4.64. The molecule has 0 aromatic heterocycles. The average Bonchev–Trinajstić information content (AvgIpc) is 2.78. The summed E-state index contributed by atoms with van der Waals surface area (Å²) in [7, 11) is 2.56. The Kier molecular flexibility index (Phi) is 6.39. The van der Waals surface area contributed by atoms with Gasteiger partial charge in [0.1, 0.15) is 0 Å². The highest BCUT2D eigenvalue weighted by Crippen LogP contribution is 2.42. The third kappa shape index (κ3) is 4.27. The Morgan fingerprint density at radius 3 is 2.48 bits per heavy atom. The molecule has 2 N–H and O–H groups in total. The van der Waals surface area contributed by atoms with Gasteiger partial charge in [0.25, 0.3) is 0 Å². The fraction of sp³-hybridized carbons (Fsp3) is 0.238. The summed E-state index contributed by atoms with van der Waals surface area (Å²) < 4.78 is 15.6. The molecule has 31 heavy (non-hydrogen) atoms. The van der Waals surface area contributed by atoms with E-state index in [0.717, 1.165) is 0 Å². The first-order valence-corrected chi connectivity index (χ1v) is 9.35. The fourth-order valence-corrected chi connectivity index (χ4v) is 3.33. The number of urea groups is 1. The van der Waals surface area contributed by atoms with E-state index < -0.39 is 23.0 Å². The van der Waals surface area contributed by atoms with Crippen LogP contribution in [0.15, 0.2) is 48.0 Å². The first-order valence-electron chi connectivity index (χ1n) is 9.35. The van der Waals surface area contributed by atoms with Crippen molar-refractivity contribution in [2.75, 3.05) is 20.8 Å². The van der Waals surface area contributed by atoms with Crippen molar-refractivity contribution in [3.05, 3.63) is 69.3 Å². The van der Waals surface area contributed by atoms with E-state index >= 15 is 0 Å². The molecule has 2 aromatic rings. The predicted molar refractivity (Wildman–Crippen MR) is 111 cm³/mol. The fourth-order valence-electron chi connectivity index (χ4n) is 3.33. The van der Waals surface area contributed by atoms with Gasteiger partial charge in [-0.2, -0.15) is 0 Å². The largest absolute Gasteiger partial charge is 0.493 e. The lowest BCUT2D eigenvalue weighted by molar-refractivity contribution is -0.386. The highest BCUT2D eigenvalue weighted by Gasteiger charge is 2.36. The Morgan fingerprint density at radius 2 is 1.90 bits per heavy atom. The van der Waals surface area contributed by atoms with E-state index in [1.807, 2.05) is 0 Å². The Labute approximate surface area is 177 Å². The second kappa shape index (κ2) is 9.16. The summed E-state index contributed by atoms with van der Waals surface area (Å²) in [4.78, 5) is 36.2. The molecule has 2 aromatic carbocycles. The van der Waals surface area contributed by atoms with Crippen LogP contribution in [-0.4, -0.2) is 37.8 Å². The maximum absolute atomic E-state index is 12.7. The molecule has 0 saturated heterocycles. The standard InChI is InChI=1S/C21H21N3O7/c1-4-31-19-14(24(27)28)10-13(11-15(19)29-2)18-16(20(25)30-3)17(22-21(26)23-18)12-8-6-5-7-9-12/h5-11,18H,4H2,1-3H3,(H2,22,23,26). The zero-order chi connectivity index (χ0) is 22.5. The molecular weight excluding hydrogens is 406 g/mol. The number of nitro groups is 1. The summed E-state index contributed by atoms with van der Waals surface area (Å²) in [5, 5.41) is 17.0. The molecule has 3 rings (SSSR count). The van der Waals surface area contributed by atoms with Crippen molar-refractivity contribution >= 4 is 23.4 Å². The number of carbonyl (C=O) groups excluding carboxylic acids is 2. The van der Waals surface area contributed by atoms with Gasteiger partial charge in [-0.25, -0.2) is 9.59 Å².